The topological polar surface area (TPSA) is 43.1 Å². The average Bonchev–Trinajstić information content (AvgIpc) is 2.15. The Morgan fingerprint density at radius 1 is 1.29 bits per heavy atom. The van der Waals surface area contributed by atoms with Crippen molar-refractivity contribution >= 4 is 5.78 Å². The van der Waals surface area contributed by atoms with Gasteiger partial charge in [-0.2, -0.15) is 0 Å². The third kappa shape index (κ3) is 3.09. The molecule has 1 aliphatic rings. The summed E-state index contributed by atoms with van der Waals surface area (Å²) in [6, 6.07) is 0. The molecule has 0 amide bonds. The zero-order valence-corrected chi connectivity index (χ0v) is 9.51. The molecule has 1 saturated carbocycles. The third-order valence-corrected chi connectivity index (χ3v) is 3.25. The smallest absolute Gasteiger partial charge is 0.152 e. The van der Waals surface area contributed by atoms with E-state index in [9.17, 15) is 4.79 Å². The molecule has 2 N–H and O–H groups in total. The van der Waals surface area contributed by atoms with Gasteiger partial charge in [0, 0.05) is 6.42 Å². The van der Waals surface area contributed by atoms with Crippen molar-refractivity contribution in [3.63, 3.8) is 0 Å². The molecule has 0 heterocycles. The fourth-order valence-electron chi connectivity index (χ4n) is 2.13. The van der Waals surface area contributed by atoms with Crippen LogP contribution in [0.15, 0.2) is 0 Å². The van der Waals surface area contributed by atoms with Gasteiger partial charge in [-0.05, 0) is 25.2 Å². The van der Waals surface area contributed by atoms with Crippen LogP contribution in [0.1, 0.15) is 58.8 Å². The second-order valence-corrected chi connectivity index (χ2v) is 5.07. The Hall–Kier alpha value is -0.370. The minimum atomic E-state index is -0.465. The molecule has 0 aromatic heterocycles. The summed E-state index contributed by atoms with van der Waals surface area (Å²) in [6.07, 6.45) is 6.98. The zero-order valence-electron chi connectivity index (χ0n) is 9.51. The standard InChI is InChI=1S/C12H23NO/c1-10(2)6-7-11(14)12(13)8-4-3-5-9-12/h10H,3-9,13H2,1-2H3. The predicted octanol–water partition coefficient (Wildman–Crippen LogP) is 2.65. The summed E-state index contributed by atoms with van der Waals surface area (Å²) >= 11 is 0. The third-order valence-electron chi connectivity index (χ3n) is 3.25. The number of ketones is 1. The van der Waals surface area contributed by atoms with Crippen molar-refractivity contribution in [1.82, 2.24) is 0 Å². The Kier molecular flexibility index (Phi) is 4.11. The molecule has 0 aromatic rings. The highest BCUT2D eigenvalue weighted by Gasteiger charge is 2.34. The second-order valence-electron chi connectivity index (χ2n) is 5.07. The van der Waals surface area contributed by atoms with Crippen molar-refractivity contribution in [3.8, 4) is 0 Å². The van der Waals surface area contributed by atoms with Crippen LogP contribution in [0.25, 0.3) is 0 Å². The van der Waals surface area contributed by atoms with Crippen LogP contribution in [0.5, 0.6) is 0 Å². The Balaban J connectivity index is 2.41. The normalized spacial score (nSPS) is 21.1. The molecule has 0 saturated heterocycles. The molecule has 1 fully saturated rings. The lowest BCUT2D eigenvalue weighted by Gasteiger charge is -2.32. The van der Waals surface area contributed by atoms with Gasteiger partial charge in [-0.15, -0.1) is 0 Å². The van der Waals surface area contributed by atoms with E-state index in [4.69, 9.17) is 5.73 Å². The van der Waals surface area contributed by atoms with E-state index in [1.165, 1.54) is 6.42 Å². The molecular formula is C12H23NO. The molecular weight excluding hydrogens is 174 g/mol. The highest BCUT2D eigenvalue weighted by molar-refractivity contribution is 5.88. The largest absolute Gasteiger partial charge is 0.319 e. The van der Waals surface area contributed by atoms with E-state index in [0.717, 1.165) is 32.1 Å². The van der Waals surface area contributed by atoms with Crippen molar-refractivity contribution in [2.75, 3.05) is 0 Å². The Morgan fingerprint density at radius 3 is 2.36 bits per heavy atom. The first-order chi connectivity index (χ1) is 6.54. The molecule has 82 valence electrons. The SMILES string of the molecule is CC(C)CCC(=O)C1(N)CCCCC1. The number of carbonyl (C=O) groups excluding carboxylic acids is 1. The number of nitrogens with two attached hydrogens (primary N) is 1. The molecule has 0 bridgehead atoms. The number of hydrogen-bond acceptors (Lipinski definition) is 2. The molecule has 2 heteroatoms. The van der Waals surface area contributed by atoms with Crippen LogP contribution in [0.3, 0.4) is 0 Å². The number of hydrogen-bond donors (Lipinski definition) is 1. The summed E-state index contributed by atoms with van der Waals surface area (Å²) in [5.74, 6) is 0.900. The Labute approximate surface area is 87.2 Å². The van der Waals surface area contributed by atoms with Gasteiger partial charge in [0.15, 0.2) is 5.78 Å². The van der Waals surface area contributed by atoms with Gasteiger partial charge < -0.3 is 5.73 Å². The van der Waals surface area contributed by atoms with Gasteiger partial charge >= 0.3 is 0 Å². The van der Waals surface area contributed by atoms with E-state index >= 15 is 0 Å². The van der Waals surface area contributed by atoms with E-state index < -0.39 is 5.54 Å². The minimum absolute atomic E-state index is 0.297. The Morgan fingerprint density at radius 2 is 1.86 bits per heavy atom. The van der Waals surface area contributed by atoms with Crippen LogP contribution in [0.2, 0.25) is 0 Å². The average molecular weight is 197 g/mol. The van der Waals surface area contributed by atoms with E-state index in [-0.39, 0.29) is 0 Å². The Bertz CT molecular complexity index is 192. The fraction of sp³-hybridized carbons (Fsp3) is 0.917. The molecule has 14 heavy (non-hydrogen) atoms. The van der Waals surface area contributed by atoms with Crippen LogP contribution in [-0.2, 0) is 4.79 Å². The quantitative estimate of drug-likeness (QED) is 0.753. The maximum Gasteiger partial charge on any atom is 0.152 e. The van der Waals surface area contributed by atoms with Crippen molar-refractivity contribution in [1.29, 1.82) is 0 Å². The van der Waals surface area contributed by atoms with E-state index in [1.807, 2.05) is 0 Å². The van der Waals surface area contributed by atoms with Gasteiger partial charge in [-0.1, -0.05) is 33.1 Å². The lowest BCUT2D eigenvalue weighted by atomic mass is 9.78. The molecule has 1 aliphatic carbocycles. The number of rotatable bonds is 4. The van der Waals surface area contributed by atoms with Crippen molar-refractivity contribution < 1.29 is 4.79 Å². The molecule has 0 spiro atoms. The van der Waals surface area contributed by atoms with Gasteiger partial charge in [0.25, 0.3) is 0 Å². The number of carbonyl (C=O) groups is 1. The summed E-state index contributed by atoms with van der Waals surface area (Å²) in [7, 11) is 0. The molecule has 0 unspecified atom stereocenters. The molecule has 0 atom stereocenters. The molecule has 0 radical (unpaired) electrons. The summed E-state index contributed by atoms with van der Waals surface area (Å²) in [4.78, 5) is 11.9. The fourth-order valence-corrected chi connectivity index (χ4v) is 2.13. The minimum Gasteiger partial charge on any atom is -0.319 e. The summed E-state index contributed by atoms with van der Waals surface area (Å²) in [5.41, 5.74) is 5.67. The van der Waals surface area contributed by atoms with Crippen LogP contribution in [0.4, 0.5) is 0 Å². The first-order valence-electron chi connectivity index (χ1n) is 5.87. The predicted molar refractivity (Wildman–Crippen MR) is 59.1 cm³/mol. The lowest BCUT2D eigenvalue weighted by molar-refractivity contribution is -0.125. The first kappa shape index (κ1) is 11.7. The van der Waals surface area contributed by atoms with E-state index in [0.29, 0.717) is 18.1 Å². The van der Waals surface area contributed by atoms with Gasteiger partial charge in [-0.3, -0.25) is 4.79 Å². The van der Waals surface area contributed by atoms with Crippen LogP contribution in [0, 0.1) is 5.92 Å². The maximum atomic E-state index is 11.9. The zero-order chi connectivity index (χ0) is 10.6. The molecule has 0 aliphatic heterocycles. The van der Waals surface area contributed by atoms with Crippen LogP contribution in [-0.4, -0.2) is 11.3 Å². The number of Topliss-reactive ketones (excluding diaryl/α,β-unsaturated/α-hetero) is 1. The lowest BCUT2D eigenvalue weighted by Crippen LogP contribution is -2.49. The van der Waals surface area contributed by atoms with E-state index in [1.54, 1.807) is 0 Å². The van der Waals surface area contributed by atoms with E-state index in [2.05, 4.69) is 13.8 Å². The van der Waals surface area contributed by atoms with Crippen LogP contribution < -0.4 is 5.73 Å². The molecule has 1 rings (SSSR count). The summed E-state index contributed by atoms with van der Waals surface area (Å²) in [5, 5.41) is 0. The van der Waals surface area contributed by atoms with Crippen molar-refractivity contribution in [2.45, 2.75) is 64.3 Å². The molecule has 2 nitrogen and oxygen atoms in total. The summed E-state index contributed by atoms with van der Waals surface area (Å²) < 4.78 is 0. The van der Waals surface area contributed by atoms with Gasteiger partial charge in [0.2, 0.25) is 0 Å². The van der Waals surface area contributed by atoms with Crippen LogP contribution >= 0.6 is 0 Å². The van der Waals surface area contributed by atoms with Gasteiger partial charge in [0.05, 0.1) is 5.54 Å². The second kappa shape index (κ2) is 4.92. The monoisotopic (exact) mass is 197 g/mol. The molecule has 0 aromatic carbocycles. The highest BCUT2D eigenvalue weighted by atomic mass is 16.1. The van der Waals surface area contributed by atoms with Crippen molar-refractivity contribution in [3.05, 3.63) is 0 Å². The van der Waals surface area contributed by atoms with Gasteiger partial charge in [-0.25, -0.2) is 0 Å². The van der Waals surface area contributed by atoms with Crippen molar-refractivity contribution in [2.24, 2.45) is 11.7 Å². The summed E-state index contributed by atoms with van der Waals surface area (Å²) in [6.45, 7) is 4.30. The van der Waals surface area contributed by atoms with Gasteiger partial charge in [0.1, 0.15) is 0 Å². The maximum absolute atomic E-state index is 11.9. The first-order valence-corrected chi connectivity index (χ1v) is 5.87. The highest BCUT2D eigenvalue weighted by Crippen LogP contribution is 2.28.